The molecule has 0 radical (unpaired) electrons. The molecule has 1 aliphatic carbocycles. The van der Waals surface area contributed by atoms with E-state index in [1.165, 1.54) is 30.3 Å². The van der Waals surface area contributed by atoms with Crippen LogP contribution in [0.15, 0.2) is 36.4 Å². The molecular formula is C20H19F3O2. The largest absolute Gasteiger partial charge is 0.423 e. The molecule has 0 aromatic heterocycles. The number of halogens is 3. The molecule has 2 aromatic carbocycles. The number of carbonyl (C=O) groups is 1. The van der Waals surface area contributed by atoms with Crippen LogP contribution in [0.4, 0.5) is 13.2 Å². The first-order chi connectivity index (χ1) is 11.9. The van der Waals surface area contributed by atoms with Gasteiger partial charge in [0, 0.05) is 6.07 Å². The third-order valence-electron chi connectivity index (χ3n) is 4.76. The highest BCUT2D eigenvalue weighted by atomic mass is 19.1. The summed E-state index contributed by atoms with van der Waals surface area (Å²) in [6.07, 6.45) is 3.81. The molecule has 0 saturated heterocycles. The zero-order valence-corrected chi connectivity index (χ0v) is 13.9. The fourth-order valence-electron chi connectivity index (χ4n) is 3.31. The summed E-state index contributed by atoms with van der Waals surface area (Å²) in [5.74, 6) is -3.04. The van der Waals surface area contributed by atoms with Gasteiger partial charge < -0.3 is 4.74 Å². The number of benzene rings is 2. The van der Waals surface area contributed by atoms with Crippen LogP contribution in [0.2, 0.25) is 0 Å². The molecule has 0 atom stereocenters. The highest BCUT2D eigenvalue weighted by molar-refractivity contribution is 5.91. The summed E-state index contributed by atoms with van der Waals surface area (Å²) >= 11 is 0. The molecule has 132 valence electrons. The zero-order chi connectivity index (χ0) is 18.0. The van der Waals surface area contributed by atoms with Crippen LogP contribution in [-0.4, -0.2) is 5.97 Å². The normalized spacial score (nSPS) is 20.3. The third kappa shape index (κ3) is 4.03. The van der Waals surface area contributed by atoms with Crippen LogP contribution in [0.3, 0.4) is 0 Å². The van der Waals surface area contributed by atoms with Crippen molar-refractivity contribution in [1.82, 2.24) is 0 Å². The van der Waals surface area contributed by atoms with Crippen molar-refractivity contribution < 1.29 is 22.7 Å². The van der Waals surface area contributed by atoms with Gasteiger partial charge in [-0.05, 0) is 54.5 Å². The van der Waals surface area contributed by atoms with Gasteiger partial charge in [0.15, 0.2) is 0 Å². The molecule has 1 aliphatic rings. The van der Waals surface area contributed by atoms with Crippen molar-refractivity contribution in [2.24, 2.45) is 5.92 Å². The number of carbonyl (C=O) groups excluding carboxylic acids is 1. The molecule has 0 unspecified atom stereocenters. The quantitative estimate of drug-likeness (QED) is 0.532. The second-order valence-electron chi connectivity index (χ2n) is 6.66. The Morgan fingerprint density at radius 3 is 2.24 bits per heavy atom. The van der Waals surface area contributed by atoms with Gasteiger partial charge in [0.25, 0.3) is 0 Å². The van der Waals surface area contributed by atoms with E-state index < -0.39 is 29.0 Å². The molecule has 2 nitrogen and oxygen atoms in total. The average Bonchev–Trinajstić information content (AvgIpc) is 2.54. The second-order valence-corrected chi connectivity index (χ2v) is 6.66. The molecule has 0 heterocycles. The van der Waals surface area contributed by atoms with E-state index in [9.17, 15) is 18.0 Å². The van der Waals surface area contributed by atoms with Gasteiger partial charge in [-0.3, -0.25) is 0 Å². The molecule has 0 bridgehead atoms. The molecular weight excluding hydrogens is 329 g/mol. The van der Waals surface area contributed by atoms with Gasteiger partial charge in [0.05, 0.1) is 0 Å². The van der Waals surface area contributed by atoms with Crippen LogP contribution in [0.5, 0.6) is 5.75 Å². The van der Waals surface area contributed by atoms with Crippen LogP contribution in [0.1, 0.15) is 54.4 Å². The Morgan fingerprint density at radius 2 is 1.64 bits per heavy atom. The van der Waals surface area contributed by atoms with E-state index in [0.29, 0.717) is 11.5 Å². The molecule has 1 fully saturated rings. The molecule has 0 spiro atoms. The number of hydrogen-bond donors (Lipinski definition) is 0. The van der Waals surface area contributed by atoms with Gasteiger partial charge >= 0.3 is 5.97 Å². The topological polar surface area (TPSA) is 26.3 Å². The van der Waals surface area contributed by atoms with E-state index in [-0.39, 0.29) is 11.7 Å². The maximum Gasteiger partial charge on any atom is 0.349 e. The average molecular weight is 348 g/mol. The van der Waals surface area contributed by atoms with Crippen molar-refractivity contribution in [1.29, 1.82) is 0 Å². The first-order valence-electron chi connectivity index (χ1n) is 8.40. The summed E-state index contributed by atoms with van der Waals surface area (Å²) in [6, 6.07) is 7.27. The molecule has 1 saturated carbocycles. The van der Waals surface area contributed by atoms with Gasteiger partial charge in [-0.25, -0.2) is 18.0 Å². The Morgan fingerprint density at radius 1 is 1.00 bits per heavy atom. The maximum atomic E-state index is 14.4. The Hall–Kier alpha value is -2.30. The van der Waals surface area contributed by atoms with Crippen LogP contribution < -0.4 is 4.74 Å². The van der Waals surface area contributed by atoms with E-state index >= 15 is 0 Å². The Balaban J connectivity index is 1.81. The van der Waals surface area contributed by atoms with Gasteiger partial charge in [-0.15, -0.1) is 0 Å². The lowest BCUT2D eigenvalue weighted by Gasteiger charge is -2.26. The summed E-state index contributed by atoms with van der Waals surface area (Å²) < 4.78 is 46.7. The first-order valence-corrected chi connectivity index (χ1v) is 8.40. The number of ether oxygens (including phenoxy) is 1. The Labute approximate surface area is 144 Å². The minimum atomic E-state index is -1.18. The highest BCUT2D eigenvalue weighted by Crippen LogP contribution is 2.36. The maximum absolute atomic E-state index is 14.4. The minimum absolute atomic E-state index is 0.103. The number of esters is 1. The predicted octanol–water partition coefficient (Wildman–Crippen LogP) is 5.62. The number of rotatable bonds is 3. The van der Waals surface area contributed by atoms with Crippen LogP contribution in [0, 0.1) is 23.4 Å². The van der Waals surface area contributed by atoms with E-state index in [1.54, 1.807) is 0 Å². The van der Waals surface area contributed by atoms with Crippen LogP contribution in [-0.2, 0) is 0 Å². The van der Waals surface area contributed by atoms with E-state index in [4.69, 9.17) is 4.74 Å². The summed E-state index contributed by atoms with van der Waals surface area (Å²) in [5.41, 5.74) is -0.179. The highest BCUT2D eigenvalue weighted by Gasteiger charge is 2.25. The number of hydrogen-bond acceptors (Lipinski definition) is 2. The molecule has 5 heteroatoms. The van der Waals surface area contributed by atoms with Gasteiger partial charge in [-0.2, -0.15) is 0 Å². The lowest BCUT2D eigenvalue weighted by atomic mass is 9.79. The molecule has 0 N–H and O–H groups in total. The third-order valence-corrected chi connectivity index (χ3v) is 4.76. The fourth-order valence-corrected chi connectivity index (χ4v) is 3.31. The fraction of sp³-hybridized carbons (Fsp3) is 0.350. The van der Waals surface area contributed by atoms with Gasteiger partial charge in [-0.1, -0.05) is 25.8 Å². The molecule has 2 aromatic rings. The smallest absolute Gasteiger partial charge is 0.349 e. The Kier molecular flexibility index (Phi) is 5.11. The van der Waals surface area contributed by atoms with Gasteiger partial charge in [0.2, 0.25) is 0 Å². The molecule has 0 aliphatic heterocycles. The van der Waals surface area contributed by atoms with E-state index in [1.807, 2.05) is 0 Å². The minimum Gasteiger partial charge on any atom is -0.423 e. The predicted molar refractivity (Wildman–Crippen MR) is 88.1 cm³/mol. The zero-order valence-electron chi connectivity index (χ0n) is 13.9. The van der Waals surface area contributed by atoms with Crippen molar-refractivity contribution in [2.45, 2.75) is 38.5 Å². The standard InChI is InChI=1S/C20H19F3O2/c1-12-5-7-13(8-6-12)14-9-17(22)19(18(23)10-14)20(24)25-16-4-2-3-15(21)11-16/h2-4,9-13H,5-8H2,1H3. The first kappa shape index (κ1) is 17.5. The summed E-state index contributed by atoms with van der Waals surface area (Å²) in [6.45, 7) is 2.17. The van der Waals surface area contributed by atoms with E-state index in [2.05, 4.69) is 6.92 Å². The van der Waals surface area contributed by atoms with Gasteiger partial charge in [0.1, 0.15) is 28.8 Å². The van der Waals surface area contributed by atoms with E-state index in [0.717, 1.165) is 31.7 Å². The summed E-state index contributed by atoms with van der Waals surface area (Å²) in [5, 5.41) is 0. The lowest BCUT2D eigenvalue weighted by molar-refractivity contribution is 0.0724. The molecule has 3 rings (SSSR count). The second kappa shape index (κ2) is 7.30. The van der Waals surface area contributed by atoms with Crippen LogP contribution >= 0.6 is 0 Å². The lowest BCUT2D eigenvalue weighted by Crippen LogP contribution is -2.16. The van der Waals surface area contributed by atoms with Crippen LogP contribution in [0.25, 0.3) is 0 Å². The van der Waals surface area contributed by atoms with Crippen molar-refractivity contribution in [3.05, 3.63) is 65.0 Å². The molecule has 25 heavy (non-hydrogen) atoms. The SMILES string of the molecule is CC1CCC(c2cc(F)c(C(=O)Oc3cccc(F)c3)c(F)c2)CC1. The monoisotopic (exact) mass is 348 g/mol. The summed E-state index contributed by atoms with van der Waals surface area (Å²) in [7, 11) is 0. The summed E-state index contributed by atoms with van der Waals surface area (Å²) in [4.78, 5) is 12.1. The van der Waals surface area contributed by atoms with Crippen molar-refractivity contribution in [3.63, 3.8) is 0 Å². The molecule has 0 amide bonds. The Bertz CT molecular complexity index is 757. The van der Waals surface area contributed by atoms with Crippen molar-refractivity contribution in [2.75, 3.05) is 0 Å². The van der Waals surface area contributed by atoms with Crippen molar-refractivity contribution >= 4 is 5.97 Å². The van der Waals surface area contributed by atoms with Crippen molar-refractivity contribution in [3.8, 4) is 5.75 Å².